The molecule has 0 spiro atoms. The third-order valence-corrected chi connectivity index (χ3v) is 4.02. The van der Waals surface area contributed by atoms with Crippen molar-refractivity contribution in [3.8, 4) is 0 Å². The van der Waals surface area contributed by atoms with E-state index >= 15 is 0 Å². The van der Waals surface area contributed by atoms with Gasteiger partial charge in [0, 0.05) is 36.6 Å². The summed E-state index contributed by atoms with van der Waals surface area (Å²) in [6.45, 7) is 3.57. The molecule has 0 radical (unpaired) electrons. The van der Waals surface area contributed by atoms with Gasteiger partial charge >= 0.3 is 0 Å². The zero-order valence-electron chi connectivity index (χ0n) is 8.28. The Morgan fingerprint density at radius 2 is 2.21 bits per heavy atom. The van der Waals surface area contributed by atoms with Crippen molar-refractivity contribution in [2.45, 2.75) is 31.5 Å². The molecular weight excluding hydrogens is 192 g/mol. The Bertz CT molecular complexity index is 288. The first-order valence-corrected chi connectivity index (χ1v) is 6.30. The van der Waals surface area contributed by atoms with Crippen LogP contribution >= 0.6 is 11.3 Å². The molecule has 0 bridgehead atoms. The molecule has 2 fully saturated rings. The van der Waals surface area contributed by atoms with Crippen LogP contribution in [0.2, 0.25) is 0 Å². The molecule has 1 aromatic heterocycles. The second-order valence-electron chi connectivity index (χ2n) is 4.29. The van der Waals surface area contributed by atoms with Crippen LogP contribution in [0.3, 0.4) is 0 Å². The van der Waals surface area contributed by atoms with Crippen molar-refractivity contribution in [2.75, 3.05) is 13.1 Å². The van der Waals surface area contributed by atoms with E-state index < -0.39 is 0 Å². The highest BCUT2D eigenvalue weighted by Crippen LogP contribution is 2.31. The lowest BCUT2D eigenvalue weighted by Crippen LogP contribution is -2.57. The first kappa shape index (κ1) is 8.89. The standard InChI is InChI=1S/C11H16N2S/c1-2-11(14-5-1)8-13(9-3-4-9)10-6-12-7-10/h1-2,5,9-10,12H,3-4,6-8H2. The minimum Gasteiger partial charge on any atom is -0.314 e. The average Bonchev–Trinajstić information content (AvgIpc) is 2.82. The van der Waals surface area contributed by atoms with E-state index in [0.717, 1.165) is 12.1 Å². The highest BCUT2D eigenvalue weighted by atomic mass is 32.1. The molecule has 2 aliphatic rings. The highest BCUT2D eigenvalue weighted by Gasteiger charge is 2.36. The first-order valence-electron chi connectivity index (χ1n) is 5.42. The molecule has 0 amide bonds. The molecule has 3 heteroatoms. The van der Waals surface area contributed by atoms with Gasteiger partial charge in [-0.3, -0.25) is 4.90 Å². The Balaban J connectivity index is 1.66. The molecule has 1 aromatic rings. The summed E-state index contributed by atoms with van der Waals surface area (Å²) in [5.41, 5.74) is 0. The smallest absolute Gasteiger partial charge is 0.0352 e. The summed E-state index contributed by atoms with van der Waals surface area (Å²) in [7, 11) is 0. The number of nitrogens with one attached hydrogen (secondary N) is 1. The van der Waals surface area contributed by atoms with E-state index in [4.69, 9.17) is 0 Å². The summed E-state index contributed by atoms with van der Waals surface area (Å²) < 4.78 is 0. The molecule has 3 rings (SSSR count). The normalized spacial score (nSPS) is 22.6. The average molecular weight is 208 g/mol. The van der Waals surface area contributed by atoms with Crippen LogP contribution in [-0.4, -0.2) is 30.1 Å². The van der Waals surface area contributed by atoms with Gasteiger partial charge in [-0.25, -0.2) is 0 Å². The van der Waals surface area contributed by atoms with Crippen molar-refractivity contribution < 1.29 is 0 Å². The molecule has 1 N–H and O–H groups in total. The molecule has 1 aliphatic heterocycles. The van der Waals surface area contributed by atoms with Gasteiger partial charge in [0.05, 0.1) is 0 Å². The lowest BCUT2D eigenvalue weighted by Gasteiger charge is -2.38. The topological polar surface area (TPSA) is 15.3 Å². The van der Waals surface area contributed by atoms with Gasteiger partial charge in [0.2, 0.25) is 0 Å². The second-order valence-corrected chi connectivity index (χ2v) is 5.33. The van der Waals surface area contributed by atoms with E-state index in [1.807, 2.05) is 11.3 Å². The summed E-state index contributed by atoms with van der Waals surface area (Å²) in [6.07, 6.45) is 2.84. The van der Waals surface area contributed by atoms with Gasteiger partial charge in [-0.1, -0.05) is 6.07 Å². The zero-order valence-corrected chi connectivity index (χ0v) is 9.09. The van der Waals surface area contributed by atoms with E-state index in [1.54, 1.807) is 0 Å². The summed E-state index contributed by atoms with van der Waals surface area (Å²) in [5.74, 6) is 0. The molecule has 14 heavy (non-hydrogen) atoms. The van der Waals surface area contributed by atoms with Crippen LogP contribution in [0.5, 0.6) is 0 Å². The number of thiophene rings is 1. The van der Waals surface area contributed by atoms with E-state index in [-0.39, 0.29) is 0 Å². The maximum absolute atomic E-state index is 3.37. The molecule has 0 atom stereocenters. The van der Waals surface area contributed by atoms with Gasteiger partial charge in [0.1, 0.15) is 0 Å². The van der Waals surface area contributed by atoms with Gasteiger partial charge in [0.15, 0.2) is 0 Å². The fourth-order valence-electron chi connectivity index (χ4n) is 2.05. The molecular formula is C11H16N2S. The summed E-state index contributed by atoms with van der Waals surface area (Å²) in [5, 5.41) is 5.55. The number of nitrogens with zero attached hydrogens (tertiary/aromatic N) is 1. The summed E-state index contributed by atoms with van der Waals surface area (Å²) in [6, 6.07) is 6.12. The fraction of sp³-hybridized carbons (Fsp3) is 0.636. The lowest BCUT2D eigenvalue weighted by atomic mass is 10.1. The van der Waals surface area contributed by atoms with Gasteiger partial charge < -0.3 is 5.32 Å². The SMILES string of the molecule is c1csc(CN(C2CC2)C2CNC2)c1. The van der Waals surface area contributed by atoms with Gasteiger partial charge in [-0.2, -0.15) is 0 Å². The first-order chi connectivity index (χ1) is 6.93. The third kappa shape index (κ3) is 1.72. The van der Waals surface area contributed by atoms with Crippen molar-refractivity contribution in [1.82, 2.24) is 10.2 Å². The predicted octanol–water partition coefficient (Wildman–Crippen LogP) is 1.68. The van der Waals surface area contributed by atoms with Crippen LogP contribution in [0.15, 0.2) is 17.5 Å². The van der Waals surface area contributed by atoms with Crippen LogP contribution in [0, 0.1) is 0 Å². The maximum atomic E-state index is 3.37. The molecule has 0 aromatic carbocycles. The molecule has 2 heterocycles. The van der Waals surface area contributed by atoms with Gasteiger partial charge in [-0.15, -0.1) is 11.3 Å². The third-order valence-electron chi connectivity index (χ3n) is 3.16. The minimum absolute atomic E-state index is 0.810. The number of hydrogen-bond acceptors (Lipinski definition) is 3. The maximum Gasteiger partial charge on any atom is 0.0352 e. The van der Waals surface area contributed by atoms with Crippen molar-refractivity contribution in [3.63, 3.8) is 0 Å². The predicted molar refractivity (Wildman–Crippen MR) is 59.5 cm³/mol. The van der Waals surface area contributed by atoms with E-state index in [0.29, 0.717) is 0 Å². The van der Waals surface area contributed by atoms with Crippen molar-refractivity contribution in [2.24, 2.45) is 0 Å². The number of rotatable bonds is 4. The molecule has 1 saturated heterocycles. The minimum atomic E-state index is 0.810. The fourth-order valence-corrected chi connectivity index (χ4v) is 2.77. The molecule has 2 nitrogen and oxygen atoms in total. The van der Waals surface area contributed by atoms with Crippen molar-refractivity contribution >= 4 is 11.3 Å². The lowest BCUT2D eigenvalue weighted by molar-refractivity contribution is 0.130. The van der Waals surface area contributed by atoms with Crippen molar-refractivity contribution in [1.29, 1.82) is 0 Å². The van der Waals surface area contributed by atoms with E-state index in [9.17, 15) is 0 Å². The zero-order chi connectivity index (χ0) is 9.38. The van der Waals surface area contributed by atoms with Crippen molar-refractivity contribution in [3.05, 3.63) is 22.4 Å². The molecule has 0 unspecified atom stereocenters. The number of hydrogen-bond donors (Lipinski definition) is 1. The Hall–Kier alpha value is -0.380. The monoisotopic (exact) mass is 208 g/mol. The Morgan fingerprint density at radius 3 is 2.71 bits per heavy atom. The molecule has 76 valence electrons. The van der Waals surface area contributed by atoms with E-state index in [1.165, 1.54) is 37.4 Å². The Kier molecular flexibility index (Phi) is 2.32. The van der Waals surface area contributed by atoms with E-state index in [2.05, 4.69) is 27.7 Å². The second kappa shape index (κ2) is 3.65. The summed E-state index contributed by atoms with van der Waals surface area (Å²) >= 11 is 1.89. The van der Waals surface area contributed by atoms with Crippen LogP contribution in [0.1, 0.15) is 17.7 Å². The quantitative estimate of drug-likeness (QED) is 0.810. The van der Waals surface area contributed by atoms with Crippen LogP contribution < -0.4 is 5.32 Å². The largest absolute Gasteiger partial charge is 0.314 e. The molecule has 1 saturated carbocycles. The van der Waals surface area contributed by atoms with Gasteiger partial charge in [-0.05, 0) is 24.3 Å². The van der Waals surface area contributed by atoms with Gasteiger partial charge in [0.25, 0.3) is 0 Å². The Morgan fingerprint density at radius 1 is 1.36 bits per heavy atom. The molecule has 1 aliphatic carbocycles. The van der Waals surface area contributed by atoms with Crippen LogP contribution in [0.25, 0.3) is 0 Å². The van der Waals surface area contributed by atoms with Crippen LogP contribution in [-0.2, 0) is 6.54 Å². The summed E-state index contributed by atoms with van der Waals surface area (Å²) in [4.78, 5) is 4.21. The van der Waals surface area contributed by atoms with Crippen LogP contribution in [0.4, 0.5) is 0 Å². The Labute approximate surface area is 88.9 Å². The highest BCUT2D eigenvalue weighted by molar-refractivity contribution is 7.09.